The molecule has 0 unspecified atom stereocenters. The highest BCUT2D eigenvalue weighted by Gasteiger charge is 2.35. The lowest BCUT2D eigenvalue weighted by Gasteiger charge is -2.35. The quantitative estimate of drug-likeness (QED) is 0.816. The maximum atomic E-state index is 12.7. The maximum absolute atomic E-state index is 12.7. The molecule has 3 nitrogen and oxygen atoms in total. The first kappa shape index (κ1) is 13.6. The van der Waals surface area contributed by atoms with Crippen molar-refractivity contribution in [1.82, 2.24) is 4.90 Å². The Balaban J connectivity index is 2.10. The second kappa shape index (κ2) is 5.44. The smallest absolute Gasteiger partial charge is 0.232 e. The molecule has 0 atom stereocenters. The van der Waals surface area contributed by atoms with Crippen LogP contribution in [0.25, 0.3) is 0 Å². The highest BCUT2D eigenvalue weighted by Crippen LogP contribution is 2.27. The van der Waals surface area contributed by atoms with E-state index in [-0.39, 0.29) is 11.8 Å². The summed E-state index contributed by atoms with van der Waals surface area (Å²) in [5.41, 5.74) is 0.545. The Morgan fingerprint density at radius 2 is 1.84 bits per heavy atom. The molecule has 0 spiro atoms. The lowest BCUT2D eigenvalue weighted by Crippen LogP contribution is -2.46. The Morgan fingerprint density at radius 3 is 2.37 bits per heavy atom. The first-order chi connectivity index (χ1) is 9.05. The average molecular weight is 256 g/mol. The lowest BCUT2D eigenvalue weighted by atomic mass is 9.82. The van der Waals surface area contributed by atoms with Gasteiger partial charge in [0.05, 0.1) is 11.5 Å². The molecule has 1 heterocycles. The number of nitriles is 1. The van der Waals surface area contributed by atoms with E-state index < -0.39 is 5.41 Å². The highest BCUT2D eigenvalue weighted by molar-refractivity contribution is 5.87. The second-order valence-electron chi connectivity index (χ2n) is 5.69. The molecule has 0 bridgehead atoms. The first-order valence-electron chi connectivity index (χ1n) is 6.80. The Hall–Kier alpha value is -1.82. The zero-order valence-corrected chi connectivity index (χ0v) is 11.6. The fourth-order valence-corrected chi connectivity index (χ4v) is 2.59. The van der Waals surface area contributed by atoms with Gasteiger partial charge in [0.15, 0.2) is 0 Å². The third-order valence-corrected chi connectivity index (χ3v) is 3.99. The van der Waals surface area contributed by atoms with E-state index in [0.717, 1.165) is 18.4 Å². The molecule has 0 N–H and O–H groups in total. The van der Waals surface area contributed by atoms with Gasteiger partial charge in [0, 0.05) is 19.0 Å². The third-order valence-electron chi connectivity index (χ3n) is 3.99. The van der Waals surface area contributed by atoms with Crippen molar-refractivity contribution < 1.29 is 4.79 Å². The fraction of sp³-hybridized carbons (Fsp3) is 0.500. The molecule has 1 aromatic carbocycles. The lowest BCUT2D eigenvalue weighted by molar-refractivity contribution is -0.137. The minimum atomic E-state index is -0.499. The number of hydrogen-bond donors (Lipinski definition) is 0. The second-order valence-corrected chi connectivity index (χ2v) is 5.69. The summed E-state index contributed by atoms with van der Waals surface area (Å²) < 4.78 is 0. The maximum Gasteiger partial charge on any atom is 0.232 e. The van der Waals surface area contributed by atoms with Gasteiger partial charge in [-0.05, 0) is 32.3 Å². The number of carbonyl (C=O) groups excluding carboxylic acids is 1. The molecule has 19 heavy (non-hydrogen) atoms. The van der Waals surface area contributed by atoms with Crippen LogP contribution in [0.15, 0.2) is 30.3 Å². The van der Waals surface area contributed by atoms with Crippen LogP contribution in [0.4, 0.5) is 0 Å². The summed E-state index contributed by atoms with van der Waals surface area (Å²) in [6.07, 6.45) is 1.60. The van der Waals surface area contributed by atoms with Crippen LogP contribution in [0.5, 0.6) is 0 Å². The highest BCUT2D eigenvalue weighted by atomic mass is 16.2. The van der Waals surface area contributed by atoms with Crippen molar-refractivity contribution in [3.8, 4) is 6.07 Å². The molecular weight excluding hydrogens is 236 g/mol. The van der Waals surface area contributed by atoms with Crippen LogP contribution in [-0.4, -0.2) is 23.9 Å². The van der Waals surface area contributed by atoms with Gasteiger partial charge in [-0.3, -0.25) is 4.79 Å². The molecule has 0 aromatic heterocycles. The number of likely N-dealkylation sites (tertiary alicyclic amines) is 1. The molecule has 0 radical (unpaired) electrons. The van der Waals surface area contributed by atoms with E-state index in [1.54, 1.807) is 0 Å². The summed E-state index contributed by atoms with van der Waals surface area (Å²) in [7, 11) is 0. The molecule has 0 aliphatic carbocycles. The molecule has 3 heteroatoms. The van der Waals surface area contributed by atoms with Crippen molar-refractivity contribution in [1.29, 1.82) is 5.26 Å². The van der Waals surface area contributed by atoms with Gasteiger partial charge < -0.3 is 4.90 Å². The van der Waals surface area contributed by atoms with Gasteiger partial charge in [-0.25, -0.2) is 0 Å². The monoisotopic (exact) mass is 256 g/mol. The van der Waals surface area contributed by atoms with Crippen LogP contribution in [0.2, 0.25) is 0 Å². The molecule has 2 rings (SSSR count). The normalized spacial score (nSPS) is 17.0. The molecule has 1 saturated heterocycles. The summed E-state index contributed by atoms with van der Waals surface area (Å²) in [4.78, 5) is 14.6. The Bertz CT molecular complexity index is 479. The third kappa shape index (κ3) is 2.78. The number of benzene rings is 1. The van der Waals surface area contributed by atoms with E-state index in [2.05, 4.69) is 6.07 Å². The molecule has 1 aliphatic heterocycles. The van der Waals surface area contributed by atoms with Crippen molar-refractivity contribution in [2.24, 2.45) is 5.92 Å². The van der Waals surface area contributed by atoms with Crippen LogP contribution < -0.4 is 0 Å². The van der Waals surface area contributed by atoms with E-state index >= 15 is 0 Å². The first-order valence-corrected chi connectivity index (χ1v) is 6.80. The van der Waals surface area contributed by atoms with E-state index in [1.165, 1.54) is 0 Å². The summed E-state index contributed by atoms with van der Waals surface area (Å²) in [6.45, 7) is 5.35. The molecule has 1 aromatic rings. The number of amides is 1. The molecular formula is C16H20N2O. The van der Waals surface area contributed by atoms with Crippen LogP contribution in [0.1, 0.15) is 32.3 Å². The zero-order chi connectivity index (χ0) is 13.9. The van der Waals surface area contributed by atoms with Gasteiger partial charge in [0.25, 0.3) is 0 Å². The van der Waals surface area contributed by atoms with Crippen molar-refractivity contribution in [2.45, 2.75) is 32.1 Å². The number of nitrogens with zero attached hydrogens (tertiary/aromatic N) is 2. The van der Waals surface area contributed by atoms with E-state index in [9.17, 15) is 4.79 Å². The Labute approximate surface area is 114 Å². The van der Waals surface area contributed by atoms with Crippen LogP contribution in [0, 0.1) is 17.2 Å². The summed E-state index contributed by atoms with van der Waals surface area (Å²) in [5.74, 6) is 0.277. The minimum Gasteiger partial charge on any atom is -0.342 e. The van der Waals surface area contributed by atoms with Gasteiger partial charge in [-0.2, -0.15) is 5.26 Å². The van der Waals surface area contributed by atoms with Crippen molar-refractivity contribution in [3.63, 3.8) is 0 Å². The SMILES string of the molecule is CC(C)(C(=O)N1CCC(C#N)CC1)c1ccccc1. The predicted octanol–water partition coefficient (Wildman–Crippen LogP) is 2.73. The van der Waals surface area contributed by atoms with E-state index in [0.29, 0.717) is 13.1 Å². The Morgan fingerprint density at radius 1 is 1.26 bits per heavy atom. The van der Waals surface area contributed by atoms with Gasteiger partial charge in [-0.15, -0.1) is 0 Å². The summed E-state index contributed by atoms with van der Waals surface area (Å²) >= 11 is 0. The zero-order valence-electron chi connectivity index (χ0n) is 11.6. The van der Waals surface area contributed by atoms with Crippen molar-refractivity contribution >= 4 is 5.91 Å². The van der Waals surface area contributed by atoms with Gasteiger partial charge in [0.1, 0.15) is 0 Å². The number of carbonyl (C=O) groups is 1. The molecule has 1 fully saturated rings. The average Bonchev–Trinajstić information content (AvgIpc) is 2.47. The number of piperidine rings is 1. The molecule has 1 amide bonds. The number of rotatable bonds is 2. The summed E-state index contributed by atoms with van der Waals surface area (Å²) in [6, 6.07) is 12.2. The largest absolute Gasteiger partial charge is 0.342 e. The van der Waals surface area contributed by atoms with Crippen molar-refractivity contribution in [2.75, 3.05) is 13.1 Å². The molecule has 1 aliphatic rings. The van der Waals surface area contributed by atoms with Crippen LogP contribution in [-0.2, 0) is 10.2 Å². The molecule has 100 valence electrons. The van der Waals surface area contributed by atoms with Crippen LogP contribution >= 0.6 is 0 Å². The van der Waals surface area contributed by atoms with Gasteiger partial charge in [-0.1, -0.05) is 30.3 Å². The standard InChI is InChI=1S/C16H20N2O/c1-16(2,14-6-4-3-5-7-14)15(19)18-10-8-13(12-17)9-11-18/h3-7,13H,8-11H2,1-2H3. The van der Waals surface area contributed by atoms with Crippen molar-refractivity contribution in [3.05, 3.63) is 35.9 Å². The minimum absolute atomic E-state index is 0.115. The Kier molecular flexibility index (Phi) is 3.90. The topological polar surface area (TPSA) is 44.1 Å². The van der Waals surface area contributed by atoms with Crippen LogP contribution in [0.3, 0.4) is 0 Å². The number of hydrogen-bond acceptors (Lipinski definition) is 2. The van der Waals surface area contributed by atoms with Gasteiger partial charge >= 0.3 is 0 Å². The van der Waals surface area contributed by atoms with E-state index in [4.69, 9.17) is 5.26 Å². The van der Waals surface area contributed by atoms with E-state index in [1.807, 2.05) is 49.1 Å². The summed E-state index contributed by atoms with van der Waals surface area (Å²) in [5, 5.41) is 8.90. The molecule has 0 saturated carbocycles. The predicted molar refractivity (Wildman–Crippen MR) is 74.4 cm³/mol. The van der Waals surface area contributed by atoms with Gasteiger partial charge in [0.2, 0.25) is 5.91 Å². The fourth-order valence-electron chi connectivity index (χ4n) is 2.59.